The summed E-state index contributed by atoms with van der Waals surface area (Å²) in [6.45, 7) is 0.0806. The zero-order valence-corrected chi connectivity index (χ0v) is 11.2. The predicted octanol–water partition coefficient (Wildman–Crippen LogP) is 2.34. The summed E-state index contributed by atoms with van der Waals surface area (Å²) in [4.78, 5) is 12.4. The van der Waals surface area contributed by atoms with Gasteiger partial charge in [0.15, 0.2) is 0 Å². The molecule has 1 amide bonds. The number of aromatic hydroxyl groups is 1. The third-order valence-corrected chi connectivity index (χ3v) is 4.39. The van der Waals surface area contributed by atoms with Crippen molar-refractivity contribution in [3.8, 4) is 5.75 Å². The summed E-state index contributed by atoms with van der Waals surface area (Å²) in [5.41, 5.74) is 7.57. The number of amides is 1. The van der Waals surface area contributed by atoms with Crippen molar-refractivity contribution in [3.05, 3.63) is 23.3 Å². The van der Waals surface area contributed by atoms with Gasteiger partial charge in [-0.2, -0.15) is 13.2 Å². The first-order chi connectivity index (χ1) is 9.77. The molecular weight excluding hydrogens is 285 g/mol. The number of anilines is 1. The number of carbonyl (C=O) groups is 1. The first-order valence-electron chi connectivity index (χ1n) is 6.75. The summed E-state index contributed by atoms with van der Waals surface area (Å²) in [6, 6.07) is 3.16. The first kappa shape index (κ1) is 14.0. The molecule has 1 aromatic rings. The van der Waals surface area contributed by atoms with Crippen molar-refractivity contribution >= 4 is 11.6 Å². The number of hydrogen-bond donors (Lipinski definition) is 2. The second-order valence-electron chi connectivity index (χ2n) is 5.72. The number of rotatable bonds is 0. The second kappa shape index (κ2) is 4.54. The van der Waals surface area contributed by atoms with Crippen LogP contribution in [0.3, 0.4) is 0 Å². The van der Waals surface area contributed by atoms with Crippen molar-refractivity contribution in [2.24, 2.45) is 0 Å². The maximum atomic E-state index is 12.6. The summed E-state index contributed by atoms with van der Waals surface area (Å²) in [6.07, 6.45) is -3.41. The smallest absolute Gasteiger partial charge is 0.471 e. The molecule has 2 heterocycles. The van der Waals surface area contributed by atoms with Crippen LogP contribution in [0.25, 0.3) is 0 Å². The van der Waals surface area contributed by atoms with Crippen molar-refractivity contribution in [3.63, 3.8) is 0 Å². The Morgan fingerprint density at radius 1 is 1.19 bits per heavy atom. The zero-order valence-electron chi connectivity index (χ0n) is 11.2. The lowest BCUT2D eigenvalue weighted by Gasteiger charge is -2.26. The van der Waals surface area contributed by atoms with Crippen LogP contribution in [-0.2, 0) is 4.79 Å². The summed E-state index contributed by atoms with van der Waals surface area (Å²) in [5, 5.41) is 9.71. The molecule has 114 valence electrons. The summed E-state index contributed by atoms with van der Waals surface area (Å²) in [5.74, 6) is -2.19. The van der Waals surface area contributed by atoms with E-state index >= 15 is 0 Å². The van der Waals surface area contributed by atoms with Crippen molar-refractivity contribution in [1.29, 1.82) is 0 Å². The molecule has 2 unspecified atom stereocenters. The van der Waals surface area contributed by atoms with E-state index in [1.54, 1.807) is 6.07 Å². The molecule has 2 atom stereocenters. The SMILES string of the molecule is Nc1cc2c(cc1O)C1CCC2CN(C(=O)C(F)(F)F)C1. The molecule has 0 radical (unpaired) electrons. The fraction of sp³-hybridized carbons (Fsp3) is 0.500. The lowest BCUT2D eigenvalue weighted by Crippen LogP contribution is -2.42. The summed E-state index contributed by atoms with van der Waals surface area (Å²) >= 11 is 0. The van der Waals surface area contributed by atoms with Crippen molar-refractivity contribution in [2.75, 3.05) is 18.8 Å². The highest BCUT2D eigenvalue weighted by atomic mass is 19.4. The number of phenolic OH excluding ortho intramolecular Hbond substituents is 1. The number of hydrogen-bond acceptors (Lipinski definition) is 3. The number of nitrogen functional groups attached to an aromatic ring is 1. The molecule has 4 nitrogen and oxygen atoms in total. The predicted molar refractivity (Wildman–Crippen MR) is 69.9 cm³/mol. The minimum absolute atomic E-state index is 0.0329. The van der Waals surface area contributed by atoms with Gasteiger partial charge in [0, 0.05) is 24.9 Å². The number of carbonyl (C=O) groups excluding carboxylic acids is 1. The van der Waals surface area contributed by atoms with Gasteiger partial charge in [0.2, 0.25) is 0 Å². The molecule has 0 aromatic heterocycles. The van der Waals surface area contributed by atoms with E-state index in [1.165, 1.54) is 6.07 Å². The molecule has 1 aliphatic carbocycles. The Morgan fingerprint density at radius 2 is 1.71 bits per heavy atom. The van der Waals surface area contributed by atoms with Crippen LogP contribution in [-0.4, -0.2) is 35.2 Å². The molecule has 3 aliphatic rings. The van der Waals surface area contributed by atoms with E-state index in [-0.39, 0.29) is 36.4 Å². The lowest BCUT2D eigenvalue weighted by molar-refractivity contribution is -0.185. The van der Waals surface area contributed by atoms with Crippen LogP contribution >= 0.6 is 0 Å². The Balaban J connectivity index is 1.98. The molecule has 2 aliphatic heterocycles. The van der Waals surface area contributed by atoms with Crippen LogP contribution < -0.4 is 5.73 Å². The van der Waals surface area contributed by atoms with Crippen LogP contribution in [0.15, 0.2) is 12.1 Å². The van der Waals surface area contributed by atoms with Crippen molar-refractivity contribution in [2.45, 2.75) is 30.9 Å². The van der Waals surface area contributed by atoms with Gasteiger partial charge in [-0.3, -0.25) is 4.79 Å². The quantitative estimate of drug-likeness (QED) is 0.571. The van der Waals surface area contributed by atoms with Gasteiger partial charge in [0.05, 0.1) is 5.69 Å². The number of phenols is 1. The standard InChI is InChI=1S/C14H15F3N2O2/c15-14(16,17)13(21)19-5-7-1-2-8(6-19)10-4-12(20)11(18)3-9(7)10/h3-4,7-8,20H,1-2,5-6,18H2. The minimum Gasteiger partial charge on any atom is -0.506 e. The minimum atomic E-state index is -4.85. The molecule has 1 saturated heterocycles. The van der Waals surface area contributed by atoms with Gasteiger partial charge in [-0.15, -0.1) is 0 Å². The first-order valence-corrected chi connectivity index (χ1v) is 6.75. The second-order valence-corrected chi connectivity index (χ2v) is 5.72. The average Bonchev–Trinajstić information content (AvgIpc) is 2.69. The molecule has 0 spiro atoms. The molecule has 7 heteroatoms. The molecule has 3 N–H and O–H groups in total. The van der Waals surface area contributed by atoms with Gasteiger partial charge in [-0.1, -0.05) is 0 Å². The third-order valence-electron chi connectivity index (χ3n) is 4.39. The molecule has 1 fully saturated rings. The average molecular weight is 300 g/mol. The topological polar surface area (TPSA) is 66.6 Å². The number of alkyl halides is 3. The highest BCUT2D eigenvalue weighted by molar-refractivity contribution is 5.82. The highest BCUT2D eigenvalue weighted by Gasteiger charge is 2.46. The van der Waals surface area contributed by atoms with E-state index in [0.717, 1.165) is 22.4 Å². The van der Waals surface area contributed by atoms with Crippen molar-refractivity contribution < 1.29 is 23.1 Å². The van der Waals surface area contributed by atoms with Crippen LogP contribution in [0, 0.1) is 0 Å². The number of benzene rings is 1. The highest BCUT2D eigenvalue weighted by Crippen LogP contribution is 2.45. The Bertz CT molecular complexity index is 562. The number of halogens is 3. The van der Waals surface area contributed by atoms with Crippen LogP contribution in [0.5, 0.6) is 5.75 Å². The molecule has 1 aromatic carbocycles. The van der Waals surface area contributed by atoms with Gasteiger partial charge >= 0.3 is 12.1 Å². The van der Waals surface area contributed by atoms with Crippen molar-refractivity contribution in [1.82, 2.24) is 4.90 Å². The van der Waals surface area contributed by atoms with Gasteiger partial charge in [-0.25, -0.2) is 0 Å². The van der Waals surface area contributed by atoms with E-state index in [1.807, 2.05) is 0 Å². The third kappa shape index (κ3) is 2.30. The van der Waals surface area contributed by atoms with E-state index in [9.17, 15) is 23.1 Å². The Labute approximate surface area is 119 Å². The van der Waals surface area contributed by atoms with E-state index < -0.39 is 12.1 Å². The van der Waals surface area contributed by atoms with Crippen LogP contribution in [0.4, 0.5) is 18.9 Å². The fourth-order valence-corrected chi connectivity index (χ4v) is 3.39. The molecule has 21 heavy (non-hydrogen) atoms. The molecule has 4 rings (SSSR count). The van der Waals surface area contributed by atoms with Crippen LogP contribution in [0.1, 0.15) is 35.8 Å². The van der Waals surface area contributed by atoms with Gasteiger partial charge < -0.3 is 15.7 Å². The molecular formula is C14H15F3N2O2. The monoisotopic (exact) mass is 300 g/mol. The van der Waals surface area contributed by atoms with Gasteiger partial charge in [0.25, 0.3) is 0 Å². The largest absolute Gasteiger partial charge is 0.506 e. The Kier molecular flexibility index (Phi) is 3.04. The number of nitrogens with zero attached hydrogens (tertiary/aromatic N) is 1. The fourth-order valence-electron chi connectivity index (χ4n) is 3.39. The molecule has 0 saturated carbocycles. The van der Waals surface area contributed by atoms with Gasteiger partial charge in [-0.05, 0) is 36.1 Å². The van der Waals surface area contributed by atoms with E-state index in [2.05, 4.69) is 0 Å². The van der Waals surface area contributed by atoms with E-state index in [0.29, 0.717) is 6.42 Å². The summed E-state index contributed by atoms with van der Waals surface area (Å²) in [7, 11) is 0. The Morgan fingerprint density at radius 3 is 2.24 bits per heavy atom. The van der Waals surface area contributed by atoms with Crippen LogP contribution in [0.2, 0.25) is 0 Å². The number of nitrogens with two attached hydrogens (primary N) is 1. The summed E-state index contributed by atoms with van der Waals surface area (Å²) < 4.78 is 37.9. The maximum Gasteiger partial charge on any atom is 0.471 e. The number of fused-ring (bicyclic) bond motifs is 3. The van der Waals surface area contributed by atoms with Gasteiger partial charge in [0.1, 0.15) is 5.75 Å². The molecule has 2 bridgehead atoms. The normalized spacial score (nSPS) is 24.6. The zero-order chi connectivity index (χ0) is 15.4. The maximum absolute atomic E-state index is 12.6. The Hall–Kier alpha value is -1.92. The van der Waals surface area contributed by atoms with E-state index in [4.69, 9.17) is 5.73 Å². The lowest BCUT2D eigenvalue weighted by atomic mass is 9.78.